The van der Waals surface area contributed by atoms with Gasteiger partial charge >= 0.3 is 6.09 Å². The van der Waals surface area contributed by atoms with Crippen LogP contribution >= 0.6 is 0 Å². The number of carbonyl (C=O) groups excluding carboxylic acids is 1. The lowest BCUT2D eigenvalue weighted by molar-refractivity contribution is 0.0288. The SMILES string of the molecule is CC(C)(C)OC(=O)NN1CCC(N=CC(=N)CN)CC1. The summed E-state index contributed by atoms with van der Waals surface area (Å²) in [5.41, 5.74) is 7.90. The van der Waals surface area contributed by atoms with Crippen LogP contribution in [-0.4, -0.2) is 54.3 Å². The van der Waals surface area contributed by atoms with Crippen molar-refractivity contribution in [2.45, 2.75) is 45.3 Å². The number of hydrazine groups is 1. The van der Waals surface area contributed by atoms with Gasteiger partial charge in [0, 0.05) is 25.8 Å². The van der Waals surface area contributed by atoms with Gasteiger partial charge in [0.15, 0.2) is 0 Å². The molecule has 1 saturated heterocycles. The molecule has 0 saturated carbocycles. The third-order valence-electron chi connectivity index (χ3n) is 2.77. The predicted octanol–water partition coefficient (Wildman–Crippen LogP) is 0.940. The van der Waals surface area contributed by atoms with E-state index in [-0.39, 0.29) is 12.6 Å². The minimum absolute atomic E-state index is 0.193. The number of amides is 1. The lowest BCUT2D eigenvalue weighted by atomic mass is 10.1. The van der Waals surface area contributed by atoms with Crippen molar-refractivity contribution in [2.75, 3.05) is 19.6 Å². The molecule has 20 heavy (non-hydrogen) atoms. The molecule has 0 atom stereocenters. The number of piperidine rings is 1. The Kier molecular flexibility index (Phi) is 6.09. The fraction of sp³-hybridized carbons (Fsp3) is 0.769. The number of aliphatic imine (C=N–C) groups is 1. The van der Waals surface area contributed by atoms with E-state index in [1.54, 1.807) is 0 Å². The van der Waals surface area contributed by atoms with Crippen LogP contribution in [0.1, 0.15) is 33.6 Å². The lowest BCUT2D eigenvalue weighted by Gasteiger charge is -2.31. The molecule has 1 rings (SSSR count). The zero-order valence-electron chi connectivity index (χ0n) is 12.5. The van der Waals surface area contributed by atoms with Crippen LogP contribution in [0.3, 0.4) is 0 Å². The number of rotatable bonds is 4. The second kappa shape index (κ2) is 7.35. The zero-order chi connectivity index (χ0) is 15.2. The van der Waals surface area contributed by atoms with E-state index in [9.17, 15) is 4.79 Å². The Morgan fingerprint density at radius 1 is 1.50 bits per heavy atom. The summed E-state index contributed by atoms with van der Waals surface area (Å²) >= 11 is 0. The largest absolute Gasteiger partial charge is 0.443 e. The second-order valence-electron chi connectivity index (χ2n) is 5.84. The number of ether oxygens (including phenoxy) is 1. The van der Waals surface area contributed by atoms with Crippen molar-refractivity contribution >= 4 is 18.0 Å². The quantitative estimate of drug-likeness (QED) is 0.668. The van der Waals surface area contributed by atoms with Gasteiger partial charge in [-0.15, -0.1) is 0 Å². The summed E-state index contributed by atoms with van der Waals surface area (Å²) in [7, 11) is 0. The molecule has 1 fully saturated rings. The number of hydrogen-bond acceptors (Lipinski definition) is 6. The van der Waals surface area contributed by atoms with Crippen molar-refractivity contribution in [3.63, 3.8) is 0 Å². The van der Waals surface area contributed by atoms with Gasteiger partial charge in [-0.25, -0.2) is 9.80 Å². The molecular formula is C13H25N5O2. The maximum atomic E-state index is 11.6. The minimum atomic E-state index is -0.491. The van der Waals surface area contributed by atoms with Crippen LogP contribution in [0.5, 0.6) is 0 Å². The van der Waals surface area contributed by atoms with E-state index >= 15 is 0 Å². The average Bonchev–Trinajstić information content (AvgIpc) is 2.35. The molecule has 114 valence electrons. The van der Waals surface area contributed by atoms with Gasteiger partial charge in [0.05, 0.1) is 11.8 Å². The summed E-state index contributed by atoms with van der Waals surface area (Å²) in [5.74, 6) is 0. The number of nitrogens with one attached hydrogen (secondary N) is 2. The molecule has 1 aliphatic heterocycles. The van der Waals surface area contributed by atoms with Crippen LogP contribution < -0.4 is 11.2 Å². The van der Waals surface area contributed by atoms with Crippen LogP contribution in [0, 0.1) is 5.41 Å². The molecular weight excluding hydrogens is 258 g/mol. The minimum Gasteiger partial charge on any atom is -0.443 e. The van der Waals surface area contributed by atoms with Gasteiger partial charge in [-0.2, -0.15) is 0 Å². The summed E-state index contributed by atoms with van der Waals surface area (Å²) in [6.07, 6.45) is 2.78. The van der Waals surface area contributed by atoms with E-state index in [0.717, 1.165) is 25.9 Å². The van der Waals surface area contributed by atoms with Gasteiger partial charge in [-0.1, -0.05) is 0 Å². The number of carbonyl (C=O) groups is 1. The van der Waals surface area contributed by atoms with Crippen molar-refractivity contribution < 1.29 is 9.53 Å². The van der Waals surface area contributed by atoms with E-state index < -0.39 is 11.7 Å². The standard InChI is InChI=1S/C13H25N5O2/c1-13(2,3)20-12(19)17-18-6-4-11(5-7-18)16-9-10(15)8-14/h9,11,15H,4-8,14H2,1-3H3,(H,17,19). The molecule has 7 heteroatoms. The second-order valence-corrected chi connectivity index (χ2v) is 5.84. The molecule has 0 aromatic rings. The van der Waals surface area contributed by atoms with E-state index in [1.807, 2.05) is 25.8 Å². The van der Waals surface area contributed by atoms with Gasteiger partial charge < -0.3 is 15.9 Å². The normalized spacial score (nSPS) is 18.2. The summed E-state index contributed by atoms with van der Waals surface area (Å²) in [4.78, 5) is 15.9. The van der Waals surface area contributed by atoms with Crippen LogP contribution in [0.25, 0.3) is 0 Å². The van der Waals surface area contributed by atoms with Crippen molar-refractivity contribution in [3.8, 4) is 0 Å². The highest BCUT2D eigenvalue weighted by atomic mass is 16.6. The van der Waals surface area contributed by atoms with E-state index in [0.29, 0.717) is 5.71 Å². The predicted molar refractivity (Wildman–Crippen MR) is 79.2 cm³/mol. The zero-order valence-corrected chi connectivity index (χ0v) is 12.5. The summed E-state index contributed by atoms with van der Waals surface area (Å²) < 4.78 is 5.20. The molecule has 0 unspecified atom stereocenters. The number of hydrogen-bond donors (Lipinski definition) is 3. The topological polar surface area (TPSA) is 104 Å². The Hall–Kier alpha value is -1.47. The first kappa shape index (κ1) is 16.6. The van der Waals surface area contributed by atoms with Gasteiger partial charge in [-0.3, -0.25) is 10.4 Å². The van der Waals surface area contributed by atoms with Crippen molar-refractivity contribution in [1.82, 2.24) is 10.4 Å². The molecule has 1 amide bonds. The third kappa shape index (κ3) is 6.63. The Labute approximate surface area is 120 Å². The molecule has 0 spiro atoms. The van der Waals surface area contributed by atoms with Crippen molar-refractivity contribution in [1.29, 1.82) is 5.41 Å². The average molecular weight is 283 g/mol. The third-order valence-corrected chi connectivity index (χ3v) is 2.77. The first-order valence-corrected chi connectivity index (χ1v) is 6.85. The fourth-order valence-corrected chi connectivity index (χ4v) is 1.80. The molecule has 7 nitrogen and oxygen atoms in total. The summed E-state index contributed by atoms with van der Waals surface area (Å²) in [6, 6.07) is 0.193. The van der Waals surface area contributed by atoms with Gasteiger partial charge in [0.1, 0.15) is 5.60 Å². The summed E-state index contributed by atoms with van der Waals surface area (Å²) in [5, 5.41) is 9.25. The smallest absolute Gasteiger partial charge is 0.422 e. The maximum Gasteiger partial charge on any atom is 0.422 e. The fourth-order valence-electron chi connectivity index (χ4n) is 1.80. The lowest BCUT2D eigenvalue weighted by Crippen LogP contribution is -2.48. The highest BCUT2D eigenvalue weighted by molar-refractivity contribution is 6.30. The molecule has 0 radical (unpaired) electrons. The Morgan fingerprint density at radius 3 is 2.60 bits per heavy atom. The Bertz CT molecular complexity index is 367. The molecule has 0 aromatic heterocycles. The number of nitrogens with two attached hydrogens (primary N) is 1. The monoisotopic (exact) mass is 283 g/mol. The van der Waals surface area contributed by atoms with E-state index in [4.69, 9.17) is 15.9 Å². The van der Waals surface area contributed by atoms with Crippen LogP contribution in [0.4, 0.5) is 4.79 Å². The molecule has 1 heterocycles. The van der Waals surface area contributed by atoms with Crippen LogP contribution in [0.2, 0.25) is 0 Å². The highest BCUT2D eigenvalue weighted by Crippen LogP contribution is 2.12. The first-order chi connectivity index (χ1) is 9.30. The maximum absolute atomic E-state index is 11.6. The molecule has 0 aliphatic carbocycles. The van der Waals surface area contributed by atoms with E-state index in [1.165, 1.54) is 6.21 Å². The first-order valence-electron chi connectivity index (χ1n) is 6.85. The van der Waals surface area contributed by atoms with Crippen LogP contribution in [0.15, 0.2) is 4.99 Å². The van der Waals surface area contributed by atoms with Crippen LogP contribution in [-0.2, 0) is 4.74 Å². The summed E-state index contributed by atoms with van der Waals surface area (Å²) in [6.45, 7) is 7.15. The Balaban J connectivity index is 2.30. The molecule has 1 aliphatic rings. The molecule has 4 N–H and O–H groups in total. The van der Waals surface area contributed by atoms with Gasteiger partial charge in [0.2, 0.25) is 0 Å². The molecule has 0 bridgehead atoms. The van der Waals surface area contributed by atoms with Crippen molar-refractivity contribution in [2.24, 2.45) is 10.7 Å². The molecule has 0 aromatic carbocycles. The van der Waals surface area contributed by atoms with Gasteiger partial charge in [-0.05, 0) is 33.6 Å². The Morgan fingerprint density at radius 2 is 2.10 bits per heavy atom. The van der Waals surface area contributed by atoms with Gasteiger partial charge in [0.25, 0.3) is 0 Å². The van der Waals surface area contributed by atoms with E-state index in [2.05, 4.69) is 10.4 Å². The van der Waals surface area contributed by atoms with Crippen molar-refractivity contribution in [3.05, 3.63) is 0 Å². The number of nitrogens with zero attached hydrogens (tertiary/aromatic N) is 2. The highest BCUT2D eigenvalue weighted by Gasteiger charge is 2.22.